The standard InChI is InChI=1S/C17H17NO3S/c1-2-12-11-13-5-3-4-6-16(13)17(12)21-14-7-9-15(10-8-14)22(18,19)20/h2-10,17H,11H2,1H3,(H2,18,19,20)/b12-2+/t17-/m1/s1. The Hall–Kier alpha value is -2.11. The minimum Gasteiger partial charge on any atom is -0.481 e. The van der Waals surface area contributed by atoms with E-state index in [1.165, 1.54) is 23.3 Å². The third-order valence-electron chi connectivity index (χ3n) is 3.85. The summed E-state index contributed by atoms with van der Waals surface area (Å²) in [5, 5.41) is 5.10. The molecule has 2 N–H and O–H groups in total. The van der Waals surface area contributed by atoms with Crippen LogP contribution in [-0.4, -0.2) is 8.42 Å². The Kier molecular flexibility index (Phi) is 3.76. The van der Waals surface area contributed by atoms with Crippen molar-refractivity contribution in [3.63, 3.8) is 0 Å². The summed E-state index contributed by atoms with van der Waals surface area (Å²) in [5.74, 6) is 0.619. The molecule has 0 heterocycles. The lowest BCUT2D eigenvalue weighted by Gasteiger charge is -2.17. The van der Waals surface area contributed by atoms with Crippen LogP contribution in [0.3, 0.4) is 0 Å². The maximum absolute atomic E-state index is 11.3. The summed E-state index contributed by atoms with van der Waals surface area (Å²) >= 11 is 0. The van der Waals surface area contributed by atoms with Gasteiger partial charge in [0.25, 0.3) is 0 Å². The number of benzene rings is 2. The first-order valence-corrected chi connectivity index (χ1v) is 8.56. The molecule has 0 saturated heterocycles. The molecule has 4 nitrogen and oxygen atoms in total. The zero-order chi connectivity index (χ0) is 15.7. The second-order valence-electron chi connectivity index (χ2n) is 5.25. The van der Waals surface area contributed by atoms with Gasteiger partial charge in [0, 0.05) is 5.56 Å². The van der Waals surface area contributed by atoms with Crippen molar-refractivity contribution < 1.29 is 13.2 Å². The van der Waals surface area contributed by atoms with Gasteiger partial charge < -0.3 is 4.74 Å². The van der Waals surface area contributed by atoms with E-state index >= 15 is 0 Å². The number of primary sulfonamides is 1. The lowest BCUT2D eigenvalue weighted by Crippen LogP contribution is -2.12. The van der Waals surface area contributed by atoms with Crippen LogP contribution < -0.4 is 9.88 Å². The quantitative estimate of drug-likeness (QED) is 0.885. The molecular weight excluding hydrogens is 298 g/mol. The molecular formula is C17H17NO3S. The van der Waals surface area contributed by atoms with Gasteiger partial charge in [-0.15, -0.1) is 0 Å². The zero-order valence-electron chi connectivity index (χ0n) is 12.2. The van der Waals surface area contributed by atoms with Crippen LogP contribution in [0.5, 0.6) is 5.75 Å². The van der Waals surface area contributed by atoms with Crippen LogP contribution in [0.25, 0.3) is 0 Å². The van der Waals surface area contributed by atoms with Gasteiger partial charge in [0.15, 0.2) is 0 Å². The molecule has 0 aliphatic heterocycles. The number of ether oxygens (including phenoxy) is 1. The molecule has 114 valence electrons. The summed E-state index contributed by atoms with van der Waals surface area (Å²) in [7, 11) is -3.68. The Balaban J connectivity index is 1.89. The fourth-order valence-electron chi connectivity index (χ4n) is 2.70. The lowest BCUT2D eigenvalue weighted by molar-refractivity contribution is 0.248. The average Bonchev–Trinajstić information content (AvgIpc) is 2.85. The molecule has 1 aliphatic rings. The predicted octanol–water partition coefficient (Wildman–Crippen LogP) is 2.96. The highest BCUT2D eigenvalue weighted by Crippen LogP contribution is 2.38. The van der Waals surface area contributed by atoms with Crippen LogP contribution in [0.4, 0.5) is 0 Å². The van der Waals surface area contributed by atoms with Crippen molar-refractivity contribution in [2.75, 3.05) is 0 Å². The van der Waals surface area contributed by atoms with E-state index in [0.29, 0.717) is 5.75 Å². The Labute approximate surface area is 130 Å². The molecule has 22 heavy (non-hydrogen) atoms. The zero-order valence-corrected chi connectivity index (χ0v) is 13.0. The van der Waals surface area contributed by atoms with Crippen LogP contribution >= 0.6 is 0 Å². The minimum absolute atomic E-state index is 0.0814. The Morgan fingerprint density at radius 2 is 1.82 bits per heavy atom. The van der Waals surface area contributed by atoms with E-state index in [4.69, 9.17) is 9.88 Å². The normalized spacial score (nSPS) is 19.2. The van der Waals surface area contributed by atoms with Gasteiger partial charge in [0.1, 0.15) is 11.9 Å². The highest BCUT2D eigenvalue weighted by atomic mass is 32.2. The van der Waals surface area contributed by atoms with E-state index in [1.807, 2.05) is 19.1 Å². The third-order valence-corrected chi connectivity index (χ3v) is 4.78. The highest BCUT2D eigenvalue weighted by Gasteiger charge is 2.28. The molecule has 0 amide bonds. The van der Waals surface area contributed by atoms with E-state index in [2.05, 4.69) is 18.2 Å². The van der Waals surface area contributed by atoms with Crippen molar-refractivity contribution in [3.8, 4) is 5.75 Å². The van der Waals surface area contributed by atoms with Crippen LogP contribution in [0, 0.1) is 0 Å². The van der Waals surface area contributed by atoms with Gasteiger partial charge in [0.05, 0.1) is 4.90 Å². The highest BCUT2D eigenvalue weighted by molar-refractivity contribution is 7.89. The number of allylic oxidation sites excluding steroid dienone is 1. The number of nitrogens with two attached hydrogens (primary N) is 1. The van der Waals surface area contributed by atoms with Crippen LogP contribution in [0.1, 0.15) is 24.2 Å². The molecule has 2 aromatic carbocycles. The summed E-state index contributed by atoms with van der Waals surface area (Å²) in [4.78, 5) is 0.0814. The first-order chi connectivity index (χ1) is 10.5. The molecule has 0 unspecified atom stereocenters. The smallest absolute Gasteiger partial charge is 0.238 e. The monoisotopic (exact) mass is 315 g/mol. The molecule has 5 heteroatoms. The minimum atomic E-state index is -3.68. The van der Waals surface area contributed by atoms with Crippen molar-refractivity contribution in [3.05, 3.63) is 71.3 Å². The van der Waals surface area contributed by atoms with Gasteiger partial charge in [-0.3, -0.25) is 0 Å². The van der Waals surface area contributed by atoms with Gasteiger partial charge in [0.2, 0.25) is 10.0 Å². The number of sulfonamides is 1. The summed E-state index contributed by atoms with van der Waals surface area (Å²) < 4.78 is 28.6. The van der Waals surface area contributed by atoms with E-state index in [-0.39, 0.29) is 11.0 Å². The molecule has 1 atom stereocenters. The molecule has 0 saturated carbocycles. The topological polar surface area (TPSA) is 69.4 Å². The Morgan fingerprint density at radius 1 is 1.14 bits per heavy atom. The molecule has 2 aromatic rings. The molecule has 0 bridgehead atoms. The number of fused-ring (bicyclic) bond motifs is 1. The fourth-order valence-corrected chi connectivity index (χ4v) is 3.22. The van der Waals surface area contributed by atoms with Gasteiger partial charge in [-0.25, -0.2) is 13.6 Å². The molecule has 0 aromatic heterocycles. The predicted molar refractivity (Wildman–Crippen MR) is 85.1 cm³/mol. The van der Waals surface area contributed by atoms with Crippen molar-refractivity contribution in [1.29, 1.82) is 0 Å². The summed E-state index contributed by atoms with van der Waals surface area (Å²) in [6, 6.07) is 14.4. The SMILES string of the molecule is C/C=C1\Cc2ccccc2[C@@H]1Oc1ccc(S(N)(=O)=O)cc1. The van der Waals surface area contributed by atoms with Crippen molar-refractivity contribution in [2.24, 2.45) is 5.14 Å². The van der Waals surface area contributed by atoms with Gasteiger partial charge in [-0.2, -0.15) is 0 Å². The van der Waals surface area contributed by atoms with E-state index in [9.17, 15) is 8.42 Å². The van der Waals surface area contributed by atoms with Crippen molar-refractivity contribution in [1.82, 2.24) is 0 Å². The second-order valence-corrected chi connectivity index (χ2v) is 6.81. The lowest BCUT2D eigenvalue weighted by atomic mass is 10.1. The maximum atomic E-state index is 11.3. The second kappa shape index (κ2) is 5.59. The van der Waals surface area contributed by atoms with E-state index in [0.717, 1.165) is 12.0 Å². The first kappa shape index (κ1) is 14.8. The van der Waals surface area contributed by atoms with Crippen molar-refractivity contribution in [2.45, 2.75) is 24.3 Å². The molecule has 0 spiro atoms. The van der Waals surface area contributed by atoms with Crippen LogP contribution in [0.2, 0.25) is 0 Å². The molecule has 3 rings (SSSR count). The van der Waals surface area contributed by atoms with Gasteiger partial charge in [-0.05, 0) is 48.7 Å². The maximum Gasteiger partial charge on any atom is 0.238 e. The Bertz CT molecular complexity index is 823. The summed E-state index contributed by atoms with van der Waals surface area (Å²) in [6.45, 7) is 2.00. The number of hydrogen-bond donors (Lipinski definition) is 1. The van der Waals surface area contributed by atoms with E-state index in [1.54, 1.807) is 12.1 Å². The average molecular weight is 315 g/mol. The molecule has 0 radical (unpaired) electrons. The number of hydrogen-bond acceptors (Lipinski definition) is 3. The van der Waals surface area contributed by atoms with Gasteiger partial charge >= 0.3 is 0 Å². The first-order valence-electron chi connectivity index (χ1n) is 7.01. The summed E-state index contributed by atoms with van der Waals surface area (Å²) in [5.41, 5.74) is 3.63. The molecule has 0 fully saturated rings. The Morgan fingerprint density at radius 3 is 2.45 bits per heavy atom. The molecule has 1 aliphatic carbocycles. The van der Waals surface area contributed by atoms with Crippen molar-refractivity contribution >= 4 is 10.0 Å². The van der Waals surface area contributed by atoms with Gasteiger partial charge in [-0.1, -0.05) is 30.3 Å². The van der Waals surface area contributed by atoms with E-state index < -0.39 is 10.0 Å². The fraction of sp³-hybridized carbons (Fsp3) is 0.176. The number of rotatable bonds is 3. The summed E-state index contributed by atoms with van der Waals surface area (Å²) in [6.07, 6.45) is 2.83. The third kappa shape index (κ3) is 2.77. The largest absolute Gasteiger partial charge is 0.481 e. The van der Waals surface area contributed by atoms with Crippen LogP contribution in [-0.2, 0) is 16.4 Å². The van der Waals surface area contributed by atoms with Crippen LogP contribution in [0.15, 0.2) is 65.1 Å².